The van der Waals surface area contributed by atoms with E-state index in [1.807, 2.05) is 13.8 Å². The van der Waals surface area contributed by atoms with Crippen molar-refractivity contribution in [3.63, 3.8) is 0 Å². The Labute approximate surface area is 125 Å². The van der Waals surface area contributed by atoms with Gasteiger partial charge in [0, 0.05) is 16.1 Å². The SMILES string of the molecule is Cc1cc(Cl)c(C(O)c2cc(F)c(Cl)cc2F)cc1C. The van der Waals surface area contributed by atoms with Gasteiger partial charge in [0.2, 0.25) is 0 Å². The summed E-state index contributed by atoms with van der Waals surface area (Å²) in [7, 11) is 0. The number of aryl methyl sites for hydroxylation is 2. The lowest BCUT2D eigenvalue weighted by Gasteiger charge is -2.16. The topological polar surface area (TPSA) is 20.2 Å². The molecule has 1 unspecified atom stereocenters. The first-order valence-corrected chi connectivity index (χ1v) is 6.66. The lowest BCUT2D eigenvalue weighted by Crippen LogP contribution is -2.05. The van der Waals surface area contributed by atoms with E-state index in [1.165, 1.54) is 0 Å². The predicted octanol–water partition coefficient (Wildman–Crippen LogP) is 4.97. The van der Waals surface area contributed by atoms with Gasteiger partial charge < -0.3 is 5.11 Å². The molecule has 0 heterocycles. The quantitative estimate of drug-likeness (QED) is 0.775. The van der Waals surface area contributed by atoms with Crippen molar-refractivity contribution in [1.29, 1.82) is 0 Å². The van der Waals surface area contributed by atoms with Crippen LogP contribution in [0.3, 0.4) is 0 Å². The monoisotopic (exact) mass is 316 g/mol. The highest BCUT2D eigenvalue weighted by Crippen LogP contribution is 2.33. The van der Waals surface area contributed by atoms with E-state index in [0.717, 1.165) is 23.3 Å². The van der Waals surface area contributed by atoms with E-state index in [2.05, 4.69) is 0 Å². The van der Waals surface area contributed by atoms with Crippen LogP contribution in [0.4, 0.5) is 8.78 Å². The van der Waals surface area contributed by atoms with Gasteiger partial charge in [0.05, 0.1) is 5.02 Å². The molecule has 0 amide bonds. The number of rotatable bonds is 2. The first-order valence-electron chi connectivity index (χ1n) is 5.90. The van der Waals surface area contributed by atoms with Gasteiger partial charge in [-0.1, -0.05) is 29.3 Å². The van der Waals surface area contributed by atoms with E-state index in [4.69, 9.17) is 23.2 Å². The molecule has 5 heteroatoms. The highest BCUT2D eigenvalue weighted by molar-refractivity contribution is 6.31. The van der Waals surface area contributed by atoms with Gasteiger partial charge >= 0.3 is 0 Å². The first-order chi connectivity index (χ1) is 9.31. The molecule has 2 aromatic rings. The van der Waals surface area contributed by atoms with Crippen LogP contribution in [0.25, 0.3) is 0 Å². The molecule has 0 radical (unpaired) electrons. The number of halogens is 4. The van der Waals surface area contributed by atoms with Crippen LogP contribution in [-0.2, 0) is 0 Å². The summed E-state index contributed by atoms with van der Waals surface area (Å²) in [6, 6.07) is 5.06. The Morgan fingerprint density at radius 2 is 1.45 bits per heavy atom. The lowest BCUT2D eigenvalue weighted by atomic mass is 9.97. The second-order valence-corrected chi connectivity index (χ2v) is 5.46. The number of aliphatic hydroxyl groups excluding tert-OH is 1. The van der Waals surface area contributed by atoms with Crippen molar-refractivity contribution in [2.75, 3.05) is 0 Å². The smallest absolute Gasteiger partial charge is 0.142 e. The van der Waals surface area contributed by atoms with Gasteiger partial charge in [0.15, 0.2) is 0 Å². The van der Waals surface area contributed by atoms with Gasteiger partial charge in [0.1, 0.15) is 17.7 Å². The zero-order valence-corrected chi connectivity index (χ0v) is 12.4. The summed E-state index contributed by atoms with van der Waals surface area (Å²) >= 11 is 11.6. The third-order valence-electron chi connectivity index (χ3n) is 3.24. The van der Waals surface area contributed by atoms with Crippen LogP contribution in [0.1, 0.15) is 28.4 Å². The highest BCUT2D eigenvalue weighted by atomic mass is 35.5. The van der Waals surface area contributed by atoms with E-state index >= 15 is 0 Å². The van der Waals surface area contributed by atoms with Crippen LogP contribution in [0.15, 0.2) is 24.3 Å². The molecule has 106 valence electrons. The maximum atomic E-state index is 13.8. The fourth-order valence-corrected chi connectivity index (χ4v) is 2.40. The van der Waals surface area contributed by atoms with Crippen LogP contribution in [0, 0.1) is 25.5 Å². The average Bonchev–Trinajstić information content (AvgIpc) is 2.37. The summed E-state index contributed by atoms with van der Waals surface area (Å²) in [5, 5.41) is 10.2. The number of hydrogen-bond acceptors (Lipinski definition) is 1. The number of aliphatic hydroxyl groups is 1. The molecule has 0 bridgehead atoms. The Kier molecular flexibility index (Phi) is 4.33. The minimum Gasteiger partial charge on any atom is -0.383 e. The molecular weight excluding hydrogens is 305 g/mol. The van der Waals surface area contributed by atoms with E-state index in [-0.39, 0.29) is 10.6 Å². The minimum atomic E-state index is -1.35. The van der Waals surface area contributed by atoms with Crippen LogP contribution in [-0.4, -0.2) is 5.11 Å². The zero-order valence-electron chi connectivity index (χ0n) is 10.8. The summed E-state index contributed by atoms with van der Waals surface area (Å²) in [5.74, 6) is -1.57. The maximum Gasteiger partial charge on any atom is 0.142 e. The lowest BCUT2D eigenvalue weighted by molar-refractivity contribution is 0.214. The third kappa shape index (κ3) is 2.80. The van der Waals surface area contributed by atoms with Crippen molar-refractivity contribution in [3.8, 4) is 0 Å². The van der Waals surface area contributed by atoms with Gasteiger partial charge in [0.25, 0.3) is 0 Å². The van der Waals surface area contributed by atoms with Crippen LogP contribution in [0.5, 0.6) is 0 Å². The molecule has 2 aromatic carbocycles. The number of hydrogen-bond donors (Lipinski definition) is 1. The van der Waals surface area contributed by atoms with Crippen molar-refractivity contribution in [2.24, 2.45) is 0 Å². The van der Waals surface area contributed by atoms with Crippen molar-refractivity contribution in [2.45, 2.75) is 20.0 Å². The molecule has 0 aromatic heterocycles. The summed E-state index contributed by atoms with van der Waals surface area (Å²) in [6.07, 6.45) is -1.35. The van der Waals surface area contributed by atoms with Crippen LogP contribution in [0.2, 0.25) is 10.0 Å². The van der Waals surface area contributed by atoms with E-state index in [0.29, 0.717) is 10.6 Å². The van der Waals surface area contributed by atoms with Gasteiger partial charge in [-0.25, -0.2) is 8.78 Å². The molecule has 0 aliphatic rings. The van der Waals surface area contributed by atoms with E-state index in [1.54, 1.807) is 12.1 Å². The van der Waals surface area contributed by atoms with E-state index < -0.39 is 17.7 Å². The molecular formula is C15H12Cl2F2O. The predicted molar refractivity (Wildman–Crippen MR) is 76.4 cm³/mol. The van der Waals surface area contributed by atoms with Crippen molar-refractivity contribution in [3.05, 3.63) is 68.2 Å². The Morgan fingerprint density at radius 3 is 2.10 bits per heavy atom. The standard InChI is InChI=1S/C15H12Cl2F2O/c1-7-3-9(11(16)4-8(7)2)15(20)10-5-14(19)12(17)6-13(10)18/h3-6,15,20H,1-2H3. The second-order valence-electron chi connectivity index (χ2n) is 4.65. The summed E-state index contributed by atoms with van der Waals surface area (Å²) < 4.78 is 27.3. The Hall–Kier alpha value is -1.16. The molecule has 1 atom stereocenters. The average molecular weight is 317 g/mol. The Morgan fingerprint density at radius 1 is 0.850 bits per heavy atom. The third-order valence-corrected chi connectivity index (χ3v) is 3.86. The fourth-order valence-electron chi connectivity index (χ4n) is 1.93. The molecule has 0 saturated carbocycles. The summed E-state index contributed by atoms with van der Waals surface area (Å²) in [4.78, 5) is 0. The molecule has 2 rings (SSSR count). The van der Waals surface area contributed by atoms with Crippen molar-refractivity contribution < 1.29 is 13.9 Å². The second kappa shape index (κ2) is 5.68. The molecule has 1 N–H and O–H groups in total. The molecule has 0 aliphatic carbocycles. The molecule has 0 aliphatic heterocycles. The highest BCUT2D eigenvalue weighted by Gasteiger charge is 2.20. The summed E-state index contributed by atoms with van der Waals surface area (Å²) in [5.41, 5.74) is 1.99. The molecule has 0 spiro atoms. The molecule has 20 heavy (non-hydrogen) atoms. The fraction of sp³-hybridized carbons (Fsp3) is 0.200. The molecule has 0 saturated heterocycles. The molecule has 1 nitrogen and oxygen atoms in total. The van der Waals surface area contributed by atoms with Crippen LogP contribution >= 0.6 is 23.2 Å². The Balaban J connectivity index is 2.54. The minimum absolute atomic E-state index is 0.197. The van der Waals surface area contributed by atoms with Gasteiger partial charge in [-0.3, -0.25) is 0 Å². The van der Waals surface area contributed by atoms with Crippen molar-refractivity contribution in [1.82, 2.24) is 0 Å². The van der Waals surface area contributed by atoms with Gasteiger partial charge in [-0.2, -0.15) is 0 Å². The Bertz CT molecular complexity index is 614. The van der Waals surface area contributed by atoms with Crippen molar-refractivity contribution >= 4 is 23.2 Å². The van der Waals surface area contributed by atoms with Crippen LogP contribution < -0.4 is 0 Å². The van der Waals surface area contributed by atoms with Gasteiger partial charge in [-0.05, 0) is 43.2 Å². The first kappa shape index (κ1) is 15.2. The van der Waals surface area contributed by atoms with Gasteiger partial charge in [-0.15, -0.1) is 0 Å². The normalized spacial score (nSPS) is 12.6. The number of benzene rings is 2. The largest absolute Gasteiger partial charge is 0.383 e. The van der Waals surface area contributed by atoms with E-state index in [9.17, 15) is 13.9 Å². The molecule has 0 fully saturated rings. The maximum absolute atomic E-state index is 13.8. The summed E-state index contributed by atoms with van der Waals surface area (Å²) in [6.45, 7) is 3.72. The zero-order chi connectivity index (χ0) is 15.0.